The van der Waals surface area contributed by atoms with Gasteiger partial charge < -0.3 is 15.3 Å². The summed E-state index contributed by atoms with van der Waals surface area (Å²) >= 11 is 0.283. The van der Waals surface area contributed by atoms with Gasteiger partial charge in [0.2, 0.25) is 0 Å². The number of hydrogen-bond donors (Lipinski definition) is 4. The van der Waals surface area contributed by atoms with E-state index in [0.29, 0.717) is 27.8 Å². The third kappa shape index (κ3) is 9.02. The van der Waals surface area contributed by atoms with E-state index in [4.69, 9.17) is 9.44 Å². The largest absolute Gasteiger partial charge is 0.505 e. The van der Waals surface area contributed by atoms with Crippen LogP contribution in [0, 0.1) is 17.0 Å². The molecule has 0 fully saturated rings. The zero-order valence-corrected chi connectivity index (χ0v) is 27.7. The summed E-state index contributed by atoms with van der Waals surface area (Å²) in [5, 5.41) is 79.5. The summed E-state index contributed by atoms with van der Waals surface area (Å²) in [5.74, 6) is -1.89. The number of hydrogen-bond acceptors (Lipinski definition) is 18. The monoisotopic (exact) mass is 735 g/mol. The van der Waals surface area contributed by atoms with Gasteiger partial charge in [0.1, 0.15) is 22.9 Å². The van der Waals surface area contributed by atoms with Crippen molar-refractivity contribution in [3.8, 4) is 17.2 Å². The van der Waals surface area contributed by atoms with E-state index in [9.17, 15) is 33.9 Å². The molecule has 0 saturated heterocycles. The van der Waals surface area contributed by atoms with Crippen LogP contribution in [0.15, 0.2) is 121 Å². The fourth-order valence-electron chi connectivity index (χ4n) is 4.42. The Morgan fingerprint density at radius 3 is 2.10 bits per heavy atom. The van der Waals surface area contributed by atoms with Gasteiger partial charge in [-0.3, -0.25) is 14.3 Å². The summed E-state index contributed by atoms with van der Waals surface area (Å²) in [6.45, 7) is 1.67. The number of rotatable bonds is 14. The Bertz CT molecular complexity index is 2290. The van der Waals surface area contributed by atoms with Crippen LogP contribution < -0.4 is 0 Å². The molecule has 0 amide bonds. The van der Waals surface area contributed by atoms with Crippen LogP contribution in [0.25, 0.3) is 10.8 Å². The Kier molecular flexibility index (Phi) is 11.6. The van der Waals surface area contributed by atoms with Gasteiger partial charge in [-0.05, 0) is 67.6 Å². The molecule has 0 saturated carbocycles. The number of fused-ring (bicyclic) bond motifs is 1. The van der Waals surface area contributed by atoms with Crippen molar-refractivity contribution in [3.05, 3.63) is 101 Å². The van der Waals surface area contributed by atoms with Crippen molar-refractivity contribution in [1.82, 2.24) is 0 Å². The summed E-state index contributed by atoms with van der Waals surface area (Å²) in [5.41, 5.74) is 1.24. The van der Waals surface area contributed by atoms with Gasteiger partial charge in [0.25, 0.3) is 5.69 Å². The minimum Gasteiger partial charge on any atom is -0.505 e. The van der Waals surface area contributed by atoms with Gasteiger partial charge in [-0.15, -0.1) is 29.9 Å². The number of aryl methyl sites for hydroxylation is 1. The molecule has 18 nitrogen and oxygen atoms in total. The van der Waals surface area contributed by atoms with Crippen molar-refractivity contribution in [3.63, 3.8) is 0 Å². The number of phenols is 3. The number of nitro groups is 1. The first kappa shape index (κ1) is 36.4. The van der Waals surface area contributed by atoms with Crippen LogP contribution in [0.2, 0.25) is 0 Å². The smallest absolute Gasteiger partial charge is 0.273 e. The lowest BCUT2D eigenvalue weighted by Gasteiger charge is -2.07. The molecule has 0 aromatic heterocycles. The van der Waals surface area contributed by atoms with E-state index in [1.165, 1.54) is 36.4 Å². The Hall–Kier alpha value is -5.90. The number of non-ortho nitro benzene ring substituents is 1. The second-order valence-electron chi connectivity index (χ2n) is 10.3. The Morgan fingerprint density at radius 2 is 1.39 bits per heavy atom. The fraction of sp³-hybridized carbons (Fsp3) is 0.0968. The molecule has 5 aromatic carbocycles. The zero-order valence-electron chi connectivity index (χ0n) is 26.1. The Balaban J connectivity index is 1.36. The lowest BCUT2D eigenvalue weighted by molar-refractivity contribution is -0.434. The minimum absolute atomic E-state index is 0.0451. The fourth-order valence-corrected chi connectivity index (χ4v) is 5.83. The molecule has 0 aliphatic carbocycles. The normalized spacial score (nSPS) is 12.1. The highest BCUT2D eigenvalue weighted by Gasteiger charge is 2.16. The number of nitrogens with zero attached hydrogens (tertiary/aromatic N) is 7. The quantitative estimate of drug-likeness (QED) is 0.0208. The van der Waals surface area contributed by atoms with Crippen molar-refractivity contribution in [1.29, 1.82) is 0 Å². The molecule has 0 heterocycles. The molecule has 0 aliphatic rings. The van der Waals surface area contributed by atoms with Crippen molar-refractivity contribution in [2.24, 2.45) is 30.7 Å². The minimum atomic E-state index is -3.68. The van der Waals surface area contributed by atoms with Crippen LogP contribution in [-0.4, -0.2) is 46.3 Å². The third-order valence-corrected chi connectivity index (χ3v) is 9.01. The van der Waals surface area contributed by atoms with Crippen molar-refractivity contribution >= 4 is 72.7 Å². The predicted octanol–water partition coefficient (Wildman–Crippen LogP) is 9.19. The van der Waals surface area contributed by atoms with Crippen molar-refractivity contribution in [2.75, 3.05) is 12.4 Å². The maximum atomic E-state index is 12.5. The highest BCUT2D eigenvalue weighted by atomic mass is 32.2. The molecule has 4 N–H and O–H groups in total. The van der Waals surface area contributed by atoms with E-state index < -0.39 is 32.0 Å². The molecule has 0 radical (unpaired) electrons. The predicted molar refractivity (Wildman–Crippen MR) is 183 cm³/mol. The van der Waals surface area contributed by atoms with Crippen LogP contribution in [0.5, 0.6) is 17.2 Å². The molecule has 51 heavy (non-hydrogen) atoms. The molecule has 0 aliphatic heterocycles. The maximum absolute atomic E-state index is 12.5. The van der Waals surface area contributed by atoms with Gasteiger partial charge in [0.05, 0.1) is 45.3 Å². The van der Waals surface area contributed by atoms with Gasteiger partial charge >= 0.3 is 0 Å². The number of nitro benzene ring substituents is 1. The molecular formula is C31H25N7O11S2. The SMILES string of the molecule is Cc1ccc2c(N=Nc3ccc(S(=O)(=O)CCOSOOO)cc3)ccc(N=Nc3ccc(O)c(N=Nc4ccc([N+](=O)[O-])cc4O)c3O)c2c1. The molecular weight excluding hydrogens is 711 g/mol. The second kappa shape index (κ2) is 16.2. The number of sulfone groups is 1. The van der Waals surface area contributed by atoms with E-state index in [1.807, 2.05) is 25.1 Å². The van der Waals surface area contributed by atoms with E-state index in [1.54, 1.807) is 12.1 Å². The zero-order chi connectivity index (χ0) is 36.5. The molecule has 5 rings (SSSR count). The van der Waals surface area contributed by atoms with E-state index in [2.05, 4.69) is 40.1 Å². The summed E-state index contributed by atoms with van der Waals surface area (Å²) < 4.78 is 33.9. The van der Waals surface area contributed by atoms with Crippen molar-refractivity contribution < 1.29 is 47.5 Å². The molecule has 262 valence electrons. The lowest BCUT2D eigenvalue weighted by atomic mass is 10.0. The van der Waals surface area contributed by atoms with Crippen LogP contribution in [0.3, 0.4) is 0 Å². The summed E-state index contributed by atoms with van der Waals surface area (Å²) in [6.07, 6.45) is 0. The number of phenolic OH excluding ortho intramolecular Hbond substituents is 3. The van der Waals surface area contributed by atoms with Crippen LogP contribution in [0.1, 0.15) is 5.56 Å². The highest BCUT2D eigenvalue weighted by Crippen LogP contribution is 2.45. The van der Waals surface area contributed by atoms with E-state index >= 15 is 0 Å². The molecule has 0 atom stereocenters. The molecule has 20 heteroatoms. The Morgan fingerprint density at radius 1 is 0.745 bits per heavy atom. The van der Waals surface area contributed by atoms with Gasteiger partial charge in [-0.1, -0.05) is 22.7 Å². The highest BCUT2D eigenvalue weighted by molar-refractivity contribution is 7.91. The number of aromatic hydroxyl groups is 3. The maximum Gasteiger partial charge on any atom is 0.273 e. The second-order valence-corrected chi connectivity index (χ2v) is 12.9. The molecule has 0 unspecified atom stereocenters. The first-order valence-electron chi connectivity index (χ1n) is 14.4. The summed E-state index contributed by atoms with van der Waals surface area (Å²) in [6, 6.07) is 20.3. The molecule has 0 spiro atoms. The molecule has 5 aromatic rings. The standard InChI is InChI=1S/C31H25N7O11S2/c1-18-2-8-22-23(16-18)25(11-10-24(22)33-32-19-3-6-21(7-4-19)51(45,46)15-14-47-50-49-48-44)34-36-27-12-13-28(39)30(31(27)41)37-35-26-9-5-20(38(42)43)17-29(26)40/h2-13,16-17,39-41,44H,14-15H2,1H3. The van der Waals surface area contributed by atoms with Crippen molar-refractivity contribution in [2.45, 2.75) is 11.8 Å². The van der Waals surface area contributed by atoms with Gasteiger partial charge in [0.15, 0.2) is 33.6 Å². The van der Waals surface area contributed by atoms with Gasteiger partial charge in [-0.2, -0.15) is 5.11 Å². The number of azo groups is 3. The first-order chi connectivity index (χ1) is 24.5. The topological polar surface area (TPSA) is 260 Å². The first-order valence-corrected chi connectivity index (χ1v) is 16.7. The summed E-state index contributed by atoms with van der Waals surface area (Å²) in [7, 11) is -3.68. The van der Waals surface area contributed by atoms with Gasteiger partial charge in [0, 0.05) is 16.8 Å². The van der Waals surface area contributed by atoms with E-state index in [-0.39, 0.29) is 52.3 Å². The average molecular weight is 736 g/mol. The van der Waals surface area contributed by atoms with Crippen LogP contribution >= 0.6 is 12.3 Å². The van der Waals surface area contributed by atoms with Crippen LogP contribution in [-0.2, 0) is 23.4 Å². The third-order valence-electron chi connectivity index (χ3n) is 6.94. The van der Waals surface area contributed by atoms with Crippen LogP contribution in [0.4, 0.5) is 39.8 Å². The average Bonchev–Trinajstić information content (AvgIpc) is 3.11. The van der Waals surface area contributed by atoms with Gasteiger partial charge in [-0.25, -0.2) is 13.7 Å². The lowest BCUT2D eigenvalue weighted by Crippen LogP contribution is -2.10. The summed E-state index contributed by atoms with van der Waals surface area (Å²) in [4.78, 5) is 10.3. The Labute approximate surface area is 292 Å². The molecule has 0 bridgehead atoms. The number of benzene rings is 5. The van der Waals surface area contributed by atoms with E-state index in [0.717, 1.165) is 23.8 Å².